The standard InChI is InChI=1S/C16H17F3N4O3S/c17-16(18,19)12-2-1-3-14(10-12)27(24,25)21-11-13-4-5-20-15(22-13)23-6-8-26-9-7-23/h1-5,10,21H,6-9,11H2. The zero-order valence-corrected chi connectivity index (χ0v) is 14.9. The first-order valence-electron chi connectivity index (χ1n) is 8.07. The van der Waals surface area contributed by atoms with Gasteiger partial charge in [-0.15, -0.1) is 0 Å². The second kappa shape index (κ2) is 7.79. The number of halogens is 3. The smallest absolute Gasteiger partial charge is 0.378 e. The molecule has 27 heavy (non-hydrogen) atoms. The second-order valence-corrected chi connectivity index (χ2v) is 7.56. The molecule has 146 valence electrons. The van der Waals surface area contributed by atoms with Crippen LogP contribution >= 0.6 is 0 Å². The number of morpholine rings is 1. The molecule has 0 saturated carbocycles. The normalized spacial score (nSPS) is 15.7. The Balaban J connectivity index is 1.72. The maximum atomic E-state index is 12.8. The van der Waals surface area contributed by atoms with Gasteiger partial charge < -0.3 is 9.64 Å². The highest BCUT2D eigenvalue weighted by atomic mass is 32.2. The van der Waals surface area contributed by atoms with E-state index in [1.54, 1.807) is 6.07 Å². The van der Waals surface area contributed by atoms with E-state index in [0.717, 1.165) is 18.2 Å². The van der Waals surface area contributed by atoms with Crippen molar-refractivity contribution >= 4 is 16.0 Å². The Bertz CT molecular complexity index is 900. The van der Waals surface area contributed by atoms with Crippen LogP contribution in [0.15, 0.2) is 41.4 Å². The number of nitrogens with one attached hydrogen (secondary N) is 1. The number of nitrogens with zero attached hydrogens (tertiary/aromatic N) is 3. The number of anilines is 1. The molecule has 1 N–H and O–H groups in total. The summed E-state index contributed by atoms with van der Waals surface area (Å²) in [5, 5.41) is 0. The molecule has 3 rings (SSSR count). The summed E-state index contributed by atoms with van der Waals surface area (Å²) in [6.07, 6.45) is -3.11. The minimum Gasteiger partial charge on any atom is -0.378 e. The van der Waals surface area contributed by atoms with Crippen LogP contribution in [0.25, 0.3) is 0 Å². The molecule has 2 heterocycles. The van der Waals surface area contributed by atoms with Gasteiger partial charge in [0.15, 0.2) is 0 Å². The number of alkyl halides is 3. The van der Waals surface area contributed by atoms with Crippen molar-refractivity contribution in [3.05, 3.63) is 47.8 Å². The molecule has 1 aromatic heterocycles. The molecule has 1 aliphatic heterocycles. The summed E-state index contributed by atoms with van der Waals surface area (Å²) in [6.45, 7) is 2.18. The molecule has 0 unspecified atom stereocenters. The zero-order valence-electron chi connectivity index (χ0n) is 14.1. The third-order valence-electron chi connectivity index (χ3n) is 3.91. The van der Waals surface area contributed by atoms with Crippen molar-refractivity contribution in [2.24, 2.45) is 0 Å². The maximum absolute atomic E-state index is 12.8. The van der Waals surface area contributed by atoms with Gasteiger partial charge in [-0.3, -0.25) is 0 Å². The van der Waals surface area contributed by atoms with Gasteiger partial charge in [0.1, 0.15) is 0 Å². The molecule has 0 aliphatic carbocycles. The molecule has 0 radical (unpaired) electrons. The van der Waals surface area contributed by atoms with E-state index in [-0.39, 0.29) is 6.54 Å². The van der Waals surface area contributed by atoms with E-state index in [1.807, 2.05) is 4.90 Å². The van der Waals surface area contributed by atoms with Crippen LogP contribution in [-0.2, 0) is 27.5 Å². The third kappa shape index (κ3) is 4.93. The number of sulfonamides is 1. The van der Waals surface area contributed by atoms with Crippen molar-refractivity contribution in [3.8, 4) is 0 Å². The molecule has 0 bridgehead atoms. The molecular formula is C16H17F3N4O3S. The van der Waals surface area contributed by atoms with E-state index in [4.69, 9.17) is 4.74 Å². The molecule has 0 atom stereocenters. The molecule has 11 heteroatoms. The van der Waals surface area contributed by atoms with E-state index < -0.39 is 26.7 Å². The minimum absolute atomic E-state index is 0.168. The average molecular weight is 402 g/mol. The zero-order chi connectivity index (χ0) is 19.5. The fourth-order valence-corrected chi connectivity index (χ4v) is 3.53. The Labute approximate surface area is 154 Å². The quantitative estimate of drug-likeness (QED) is 0.821. The molecule has 0 spiro atoms. The van der Waals surface area contributed by atoms with Crippen LogP contribution in [0.5, 0.6) is 0 Å². The molecule has 1 aliphatic rings. The van der Waals surface area contributed by atoms with Gasteiger partial charge in [-0.1, -0.05) is 6.07 Å². The van der Waals surface area contributed by atoms with Crippen molar-refractivity contribution in [1.82, 2.24) is 14.7 Å². The fourth-order valence-electron chi connectivity index (χ4n) is 2.49. The first-order valence-corrected chi connectivity index (χ1v) is 9.55. The highest BCUT2D eigenvalue weighted by Gasteiger charge is 2.31. The molecule has 1 saturated heterocycles. The van der Waals surface area contributed by atoms with Gasteiger partial charge in [-0.25, -0.2) is 23.1 Å². The van der Waals surface area contributed by atoms with Crippen molar-refractivity contribution in [2.75, 3.05) is 31.2 Å². The highest BCUT2D eigenvalue weighted by Crippen LogP contribution is 2.30. The number of hydrogen-bond donors (Lipinski definition) is 1. The first kappa shape index (κ1) is 19.5. The Morgan fingerprint density at radius 3 is 2.63 bits per heavy atom. The maximum Gasteiger partial charge on any atom is 0.416 e. The summed E-state index contributed by atoms with van der Waals surface area (Å²) in [5.41, 5.74) is -0.621. The van der Waals surface area contributed by atoms with Crippen molar-refractivity contribution in [3.63, 3.8) is 0 Å². The van der Waals surface area contributed by atoms with E-state index in [2.05, 4.69) is 14.7 Å². The molecule has 1 aromatic carbocycles. The molecule has 2 aromatic rings. The van der Waals surface area contributed by atoms with Crippen LogP contribution in [0.4, 0.5) is 19.1 Å². The molecule has 7 nitrogen and oxygen atoms in total. The van der Waals surface area contributed by atoms with E-state index in [0.29, 0.717) is 44.0 Å². The van der Waals surface area contributed by atoms with Gasteiger partial charge in [0, 0.05) is 19.3 Å². The summed E-state index contributed by atoms with van der Waals surface area (Å²) in [7, 11) is -4.12. The second-order valence-electron chi connectivity index (χ2n) is 5.80. The van der Waals surface area contributed by atoms with Crippen LogP contribution in [0.2, 0.25) is 0 Å². The first-order chi connectivity index (χ1) is 12.8. The molecular weight excluding hydrogens is 385 g/mol. The predicted octanol–water partition coefficient (Wildman–Crippen LogP) is 1.81. The lowest BCUT2D eigenvalue weighted by molar-refractivity contribution is -0.137. The summed E-state index contributed by atoms with van der Waals surface area (Å²) < 4.78 is 70.5. The van der Waals surface area contributed by atoms with Crippen LogP contribution in [-0.4, -0.2) is 44.7 Å². The number of ether oxygens (including phenoxy) is 1. The summed E-state index contributed by atoms with van der Waals surface area (Å²) in [5.74, 6) is 0.453. The van der Waals surface area contributed by atoms with E-state index in [1.165, 1.54) is 6.20 Å². The Kier molecular flexibility index (Phi) is 5.63. The lowest BCUT2D eigenvalue weighted by Crippen LogP contribution is -2.37. The monoisotopic (exact) mass is 402 g/mol. The van der Waals surface area contributed by atoms with Gasteiger partial charge >= 0.3 is 6.18 Å². The molecule has 1 fully saturated rings. The van der Waals surface area contributed by atoms with E-state index >= 15 is 0 Å². The van der Waals surface area contributed by atoms with Crippen LogP contribution < -0.4 is 9.62 Å². The largest absolute Gasteiger partial charge is 0.416 e. The topological polar surface area (TPSA) is 84.4 Å². The van der Waals surface area contributed by atoms with Crippen molar-refractivity contribution in [2.45, 2.75) is 17.6 Å². The van der Waals surface area contributed by atoms with Crippen LogP contribution in [0.3, 0.4) is 0 Å². The number of aromatic nitrogens is 2. The van der Waals surface area contributed by atoms with Gasteiger partial charge in [0.25, 0.3) is 0 Å². The third-order valence-corrected chi connectivity index (χ3v) is 5.31. The summed E-state index contributed by atoms with van der Waals surface area (Å²) >= 11 is 0. The van der Waals surface area contributed by atoms with Crippen LogP contribution in [0, 0.1) is 0 Å². The Morgan fingerprint density at radius 2 is 1.93 bits per heavy atom. The predicted molar refractivity (Wildman–Crippen MR) is 90.5 cm³/mol. The Morgan fingerprint density at radius 1 is 1.19 bits per heavy atom. The SMILES string of the molecule is O=S(=O)(NCc1ccnc(N2CCOCC2)n1)c1cccc(C(F)(F)F)c1. The minimum atomic E-state index is -4.62. The van der Waals surface area contributed by atoms with Crippen molar-refractivity contribution in [1.29, 1.82) is 0 Å². The van der Waals surface area contributed by atoms with Gasteiger partial charge in [-0.2, -0.15) is 13.2 Å². The van der Waals surface area contributed by atoms with Gasteiger partial charge in [0.2, 0.25) is 16.0 Å². The number of hydrogen-bond acceptors (Lipinski definition) is 6. The summed E-state index contributed by atoms with van der Waals surface area (Å²) in [4.78, 5) is 9.92. The molecule has 0 amide bonds. The van der Waals surface area contributed by atoms with Gasteiger partial charge in [0.05, 0.1) is 35.9 Å². The lowest BCUT2D eigenvalue weighted by Gasteiger charge is -2.26. The lowest BCUT2D eigenvalue weighted by atomic mass is 10.2. The number of rotatable bonds is 5. The van der Waals surface area contributed by atoms with E-state index in [9.17, 15) is 21.6 Å². The summed E-state index contributed by atoms with van der Waals surface area (Å²) in [6, 6.07) is 5.12. The highest BCUT2D eigenvalue weighted by molar-refractivity contribution is 7.89. The van der Waals surface area contributed by atoms with Crippen molar-refractivity contribution < 1.29 is 26.3 Å². The Hall–Kier alpha value is -2.24. The number of benzene rings is 1. The van der Waals surface area contributed by atoms with Gasteiger partial charge in [-0.05, 0) is 24.3 Å². The van der Waals surface area contributed by atoms with Crippen LogP contribution in [0.1, 0.15) is 11.3 Å². The average Bonchev–Trinajstić information content (AvgIpc) is 2.67. The fraction of sp³-hybridized carbons (Fsp3) is 0.375.